The number of likely N-dealkylation sites (N-methyl/N-ethyl adjacent to an activating group) is 1. The third kappa shape index (κ3) is 4.19. The van der Waals surface area contributed by atoms with E-state index in [1.165, 1.54) is 0 Å². The molecular formula is C18H18BrNO3S. The fraction of sp³-hybridized carbons (Fsp3) is 0.278. The molecule has 24 heavy (non-hydrogen) atoms. The summed E-state index contributed by atoms with van der Waals surface area (Å²) in [6.45, 7) is 3.54. The number of rotatable bonds is 5. The maximum atomic E-state index is 12.4. The van der Waals surface area contributed by atoms with Crippen molar-refractivity contribution in [3.05, 3.63) is 51.1 Å². The van der Waals surface area contributed by atoms with E-state index in [0.29, 0.717) is 19.7 Å². The predicted molar refractivity (Wildman–Crippen MR) is 99.7 cm³/mol. The van der Waals surface area contributed by atoms with Gasteiger partial charge >= 0.3 is 0 Å². The zero-order valence-corrected chi connectivity index (χ0v) is 15.7. The number of thiophene rings is 1. The van der Waals surface area contributed by atoms with Crippen molar-refractivity contribution >= 4 is 39.2 Å². The Morgan fingerprint density at radius 3 is 2.83 bits per heavy atom. The lowest BCUT2D eigenvalue weighted by atomic mass is 10.2. The molecule has 126 valence electrons. The number of benzene rings is 1. The van der Waals surface area contributed by atoms with Crippen molar-refractivity contribution in [2.24, 2.45) is 0 Å². The molecule has 0 aliphatic carbocycles. The van der Waals surface area contributed by atoms with Gasteiger partial charge in [-0.05, 0) is 53.2 Å². The van der Waals surface area contributed by atoms with Crippen molar-refractivity contribution in [1.82, 2.24) is 4.90 Å². The molecular weight excluding hydrogens is 390 g/mol. The molecule has 1 unspecified atom stereocenters. The van der Waals surface area contributed by atoms with E-state index >= 15 is 0 Å². The third-order valence-corrected chi connectivity index (χ3v) is 5.26. The molecule has 1 aliphatic rings. The molecule has 0 bridgehead atoms. The van der Waals surface area contributed by atoms with E-state index in [-0.39, 0.29) is 12.0 Å². The molecule has 1 atom stereocenters. The number of ether oxygens (including phenoxy) is 2. The zero-order valence-electron chi connectivity index (χ0n) is 13.3. The Hall–Kier alpha value is -1.79. The molecule has 0 saturated heterocycles. The topological polar surface area (TPSA) is 38.8 Å². The minimum absolute atomic E-state index is 0.0236. The first kappa shape index (κ1) is 17.0. The highest BCUT2D eigenvalue weighted by atomic mass is 79.9. The van der Waals surface area contributed by atoms with Crippen molar-refractivity contribution in [1.29, 1.82) is 0 Å². The minimum atomic E-state index is -0.159. The van der Waals surface area contributed by atoms with Gasteiger partial charge in [0.05, 0.1) is 10.3 Å². The molecule has 1 aromatic heterocycles. The van der Waals surface area contributed by atoms with Crippen LogP contribution < -0.4 is 9.47 Å². The summed E-state index contributed by atoms with van der Waals surface area (Å²) >= 11 is 5.01. The van der Waals surface area contributed by atoms with E-state index < -0.39 is 0 Å². The number of fused-ring (bicyclic) bond motifs is 1. The molecule has 0 radical (unpaired) electrons. The van der Waals surface area contributed by atoms with Crippen LogP contribution in [0.5, 0.6) is 11.5 Å². The smallest absolute Gasteiger partial charge is 0.246 e. The van der Waals surface area contributed by atoms with Crippen LogP contribution in [-0.2, 0) is 4.79 Å². The summed E-state index contributed by atoms with van der Waals surface area (Å²) in [5.74, 6) is 1.46. The first-order valence-corrected chi connectivity index (χ1v) is 9.37. The fourth-order valence-electron chi connectivity index (χ4n) is 2.45. The molecule has 0 spiro atoms. The number of para-hydroxylation sites is 2. The molecule has 0 saturated carbocycles. The maximum absolute atomic E-state index is 12.4. The van der Waals surface area contributed by atoms with Crippen LogP contribution in [0.2, 0.25) is 0 Å². The molecule has 0 N–H and O–H groups in total. The van der Waals surface area contributed by atoms with Gasteiger partial charge in [-0.1, -0.05) is 12.1 Å². The van der Waals surface area contributed by atoms with Gasteiger partial charge in [0.2, 0.25) is 5.91 Å². The molecule has 1 aliphatic heterocycles. The van der Waals surface area contributed by atoms with Crippen LogP contribution >= 0.6 is 27.3 Å². The van der Waals surface area contributed by atoms with Gasteiger partial charge in [-0.15, -0.1) is 11.3 Å². The van der Waals surface area contributed by atoms with E-state index in [1.54, 1.807) is 22.3 Å². The minimum Gasteiger partial charge on any atom is -0.486 e. The van der Waals surface area contributed by atoms with E-state index in [0.717, 1.165) is 20.2 Å². The number of nitrogens with zero attached hydrogens (tertiary/aromatic N) is 1. The van der Waals surface area contributed by atoms with Crippen molar-refractivity contribution in [3.8, 4) is 11.5 Å². The second kappa shape index (κ2) is 7.85. The van der Waals surface area contributed by atoms with Crippen LogP contribution in [0.15, 0.2) is 46.3 Å². The lowest BCUT2D eigenvalue weighted by Crippen LogP contribution is -2.43. The van der Waals surface area contributed by atoms with Crippen LogP contribution in [0.1, 0.15) is 11.8 Å². The van der Waals surface area contributed by atoms with Gasteiger partial charge in [0, 0.05) is 17.5 Å². The highest BCUT2D eigenvalue weighted by Gasteiger charge is 2.23. The first-order valence-electron chi connectivity index (χ1n) is 7.76. The Labute approximate surface area is 153 Å². The van der Waals surface area contributed by atoms with E-state index in [9.17, 15) is 4.79 Å². The number of carbonyl (C=O) groups excluding carboxylic acids is 1. The third-order valence-electron chi connectivity index (χ3n) is 3.67. The van der Waals surface area contributed by atoms with Crippen LogP contribution in [0.25, 0.3) is 6.08 Å². The average Bonchev–Trinajstić information content (AvgIpc) is 3.02. The van der Waals surface area contributed by atoms with Crippen molar-refractivity contribution < 1.29 is 14.3 Å². The largest absolute Gasteiger partial charge is 0.486 e. The van der Waals surface area contributed by atoms with Gasteiger partial charge in [-0.25, -0.2) is 0 Å². The van der Waals surface area contributed by atoms with E-state index in [2.05, 4.69) is 15.9 Å². The average molecular weight is 408 g/mol. The molecule has 3 rings (SSSR count). The summed E-state index contributed by atoms with van der Waals surface area (Å²) in [5.41, 5.74) is 0. The summed E-state index contributed by atoms with van der Waals surface area (Å²) in [6.07, 6.45) is 3.29. The molecule has 1 amide bonds. The van der Waals surface area contributed by atoms with Crippen LogP contribution in [0, 0.1) is 0 Å². The molecule has 0 fully saturated rings. The van der Waals surface area contributed by atoms with E-state index in [1.807, 2.05) is 49.4 Å². The normalized spacial score (nSPS) is 16.3. The van der Waals surface area contributed by atoms with Gasteiger partial charge in [0.1, 0.15) is 6.61 Å². The standard InChI is InChI=1S/C18H18BrNO3S/c1-2-20(18(21)10-8-14-7-9-17(19)24-14)11-13-12-22-15-5-3-4-6-16(15)23-13/h3-10,13H,2,11-12H2,1H3. The van der Waals surface area contributed by atoms with Gasteiger partial charge in [0.25, 0.3) is 0 Å². The van der Waals surface area contributed by atoms with Crippen LogP contribution in [0.3, 0.4) is 0 Å². The van der Waals surface area contributed by atoms with Crippen LogP contribution in [0.4, 0.5) is 0 Å². The van der Waals surface area contributed by atoms with E-state index in [4.69, 9.17) is 9.47 Å². The number of carbonyl (C=O) groups is 1. The number of halogens is 1. The highest BCUT2D eigenvalue weighted by molar-refractivity contribution is 9.11. The van der Waals surface area contributed by atoms with Gasteiger partial charge in [-0.2, -0.15) is 0 Å². The molecule has 4 nitrogen and oxygen atoms in total. The summed E-state index contributed by atoms with van der Waals surface area (Å²) in [4.78, 5) is 15.2. The zero-order chi connectivity index (χ0) is 16.9. The summed E-state index contributed by atoms with van der Waals surface area (Å²) in [5, 5.41) is 0. The Morgan fingerprint density at radius 1 is 1.33 bits per heavy atom. The predicted octanol–water partition coefficient (Wildman–Crippen LogP) is 4.21. The van der Waals surface area contributed by atoms with Crippen molar-refractivity contribution in [3.63, 3.8) is 0 Å². The van der Waals surface area contributed by atoms with Crippen molar-refractivity contribution in [2.75, 3.05) is 19.7 Å². The molecule has 2 heterocycles. The monoisotopic (exact) mass is 407 g/mol. The first-order chi connectivity index (χ1) is 11.7. The number of hydrogen-bond donors (Lipinski definition) is 0. The van der Waals surface area contributed by atoms with Gasteiger partial charge < -0.3 is 14.4 Å². The Bertz CT molecular complexity index is 743. The fourth-order valence-corrected chi connectivity index (χ4v) is 3.78. The second-order valence-electron chi connectivity index (χ2n) is 5.35. The quantitative estimate of drug-likeness (QED) is 0.696. The summed E-state index contributed by atoms with van der Waals surface area (Å²) in [6, 6.07) is 11.5. The highest BCUT2D eigenvalue weighted by Crippen LogP contribution is 2.31. The summed E-state index contributed by atoms with van der Waals surface area (Å²) in [7, 11) is 0. The second-order valence-corrected chi connectivity index (χ2v) is 7.84. The van der Waals surface area contributed by atoms with Gasteiger partial charge in [0.15, 0.2) is 17.6 Å². The maximum Gasteiger partial charge on any atom is 0.246 e. The summed E-state index contributed by atoms with van der Waals surface area (Å²) < 4.78 is 12.7. The Kier molecular flexibility index (Phi) is 5.58. The van der Waals surface area contributed by atoms with Crippen molar-refractivity contribution in [2.45, 2.75) is 13.0 Å². The molecule has 6 heteroatoms. The molecule has 2 aromatic rings. The van der Waals surface area contributed by atoms with Crippen LogP contribution in [-0.4, -0.2) is 36.6 Å². The van der Waals surface area contributed by atoms with Gasteiger partial charge in [-0.3, -0.25) is 4.79 Å². The number of hydrogen-bond acceptors (Lipinski definition) is 4. The number of amides is 1. The molecule has 1 aromatic carbocycles. The Morgan fingerprint density at radius 2 is 2.12 bits per heavy atom. The lowest BCUT2D eigenvalue weighted by Gasteiger charge is -2.30. The lowest BCUT2D eigenvalue weighted by molar-refractivity contribution is -0.127. The SMILES string of the molecule is CCN(CC1COc2ccccc2O1)C(=O)C=Cc1ccc(Br)s1. The Balaban J connectivity index is 1.60.